The Morgan fingerprint density at radius 1 is 1.22 bits per heavy atom. The number of nitrogens with one attached hydrogen (secondary N) is 2. The minimum absolute atomic E-state index is 0.0632. The molecule has 190 valence electrons. The van der Waals surface area contributed by atoms with E-state index in [-0.39, 0.29) is 9.80 Å². The van der Waals surface area contributed by atoms with Crippen LogP contribution in [0.15, 0.2) is 36.4 Å². The topological polar surface area (TPSA) is 91.0 Å². The molecule has 2 aromatic rings. The first-order valence-corrected chi connectivity index (χ1v) is 10.6. The maximum Gasteiger partial charge on any atom is 0.255 e. The first-order chi connectivity index (χ1) is 23.2. The van der Waals surface area contributed by atoms with Gasteiger partial charge in [-0.1, -0.05) is 18.2 Å². The highest BCUT2D eigenvalue weighted by Crippen LogP contribution is 2.32. The van der Waals surface area contributed by atoms with E-state index in [2.05, 4.69) is 5.32 Å². The number of fused-ring (bicyclic) bond motifs is 1. The third-order valence-electron chi connectivity index (χ3n) is 5.20. The van der Waals surface area contributed by atoms with E-state index >= 15 is 4.39 Å². The normalized spacial score (nSPS) is 43.0. The number of hydrogen-bond acceptors (Lipinski definition) is 6. The van der Waals surface area contributed by atoms with Crippen LogP contribution in [-0.4, -0.2) is 58.7 Å². The minimum atomic E-state index is -3.45. The molecule has 0 radical (unpaired) electrons. The summed E-state index contributed by atoms with van der Waals surface area (Å²) in [7, 11) is 0. The fourth-order valence-electron chi connectivity index (χ4n) is 3.65. The maximum absolute atomic E-state index is 15.8. The summed E-state index contributed by atoms with van der Waals surface area (Å²) in [6, 6.07) is 2.76. The predicted molar refractivity (Wildman–Crippen MR) is 131 cm³/mol. The molecular weight excluding hydrogens is 463 g/mol. The van der Waals surface area contributed by atoms with Gasteiger partial charge in [-0.05, 0) is 44.0 Å². The van der Waals surface area contributed by atoms with Crippen molar-refractivity contribution in [2.24, 2.45) is 0 Å². The van der Waals surface area contributed by atoms with E-state index in [1.54, 1.807) is 5.32 Å². The second-order valence-corrected chi connectivity index (χ2v) is 7.84. The molecule has 3 unspecified atom stereocenters. The van der Waals surface area contributed by atoms with Crippen LogP contribution in [0.3, 0.4) is 0 Å². The summed E-state index contributed by atoms with van der Waals surface area (Å²) in [5, 5.41) is 3.87. The third kappa shape index (κ3) is 4.99. The molecule has 36 heavy (non-hydrogen) atoms. The van der Waals surface area contributed by atoms with Gasteiger partial charge >= 0.3 is 0 Å². The number of morpholine rings is 1. The maximum atomic E-state index is 15.8. The van der Waals surface area contributed by atoms with Crippen molar-refractivity contribution in [3.8, 4) is 0 Å². The summed E-state index contributed by atoms with van der Waals surface area (Å²) >= 11 is 0. The van der Waals surface area contributed by atoms with Crippen molar-refractivity contribution in [3.05, 3.63) is 64.5 Å². The van der Waals surface area contributed by atoms with E-state index in [1.165, 1.54) is 0 Å². The lowest BCUT2D eigenvalue weighted by molar-refractivity contribution is -0.136. The smallest absolute Gasteiger partial charge is 0.255 e. The van der Waals surface area contributed by atoms with Crippen LogP contribution in [0, 0.1) is 5.82 Å². The highest BCUT2D eigenvalue weighted by Gasteiger charge is 2.39. The van der Waals surface area contributed by atoms with E-state index in [0.717, 1.165) is 44.2 Å². The van der Waals surface area contributed by atoms with Crippen molar-refractivity contribution in [3.63, 3.8) is 0 Å². The van der Waals surface area contributed by atoms with Crippen LogP contribution in [0.4, 0.5) is 10.1 Å². The number of hydrogen-bond donors (Lipinski definition) is 2. The van der Waals surface area contributed by atoms with Gasteiger partial charge in [0.15, 0.2) is 0 Å². The van der Waals surface area contributed by atoms with Crippen molar-refractivity contribution in [1.29, 1.82) is 0 Å². The number of carbonyl (C=O) groups excluding carboxylic acids is 3. The van der Waals surface area contributed by atoms with Gasteiger partial charge in [-0.15, -0.1) is 0 Å². The largest absolute Gasteiger partial charge is 0.381 e. The standard InChI is InChI=1S/C27H31FN4O4/c1-16-12-31(13-17(2)36-16)14-18-6-7-19(22(28)10-18)11-29-23-5-3-4-20-21(23)15-32(27(20)35)24-8-9-25(33)30-26(24)34/h3-7,10,16-17,24,29H,8-9,11-15H2,1-2H3,(H,30,33,34)/i8D2,9D2,11D2,12D2,13D2,14D2,15D2,16D,17D. The number of halogens is 1. The fraction of sp³-hybridized carbons (Fsp3) is 0.444. The Balaban J connectivity index is 1.53. The van der Waals surface area contributed by atoms with Gasteiger partial charge < -0.3 is 15.0 Å². The van der Waals surface area contributed by atoms with Crippen molar-refractivity contribution in [1.82, 2.24) is 15.1 Å². The van der Waals surface area contributed by atoms with Gasteiger partial charge in [0.05, 0.1) is 20.4 Å². The monoisotopic (exact) mass is 510 g/mol. The average molecular weight is 511 g/mol. The van der Waals surface area contributed by atoms with Crippen molar-refractivity contribution in [2.75, 3.05) is 18.3 Å². The van der Waals surface area contributed by atoms with Crippen LogP contribution in [0.5, 0.6) is 0 Å². The Morgan fingerprint density at radius 3 is 2.75 bits per heavy atom. The van der Waals surface area contributed by atoms with Crippen molar-refractivity contribution >= 4 is 23.4 Å². The Hall–Kier alpha value is -3.30. The van der Waals surface area contributed by atoms with E-state index < -0.39 is 115 Å². The first kappa shape index (κ1) is 11.8. The zero-order chi connectivity index (χ0) is 39.8. The number of carbonyl (C=O) groups is 3. The lowest BCUT2D eigenvalue weighted by atomic mass is 10.0. The molecule has 0 aromatic heterocycles. The van der Waals surface area contributed by atoms with E-state index in [1.807, 2.05) is 0 Å². The second-order valence-electron chi connectivity index (χ2n) is 7.84. The van der Waals surface area contributed by atoms with E-state index in [0.29, 0.717) is 6.07 Å². The highest BCUT2D eigenvalue weighted by atomic mass is 19.1. The molecule has 0 aliphatic carbocycles. The molecule has 3 atom stereocenters. The average Bonchev–Trinajstić information content (AvgIpc) is 3.15. The Labute approximate surface area is 232 Å². The molecule has 0 spiro atoms. The summed E-state index contributed by atoms with van der Waals surface area (Å²) in [5.41, 5.74) is -3.25. The lowest BCUT2D eigenvalue weighted by Gasteiger charge is -2.35. The fourth-order valence-corrected chi connectivity index (χ4v) is 3.65. The van der Waals surface area contributed by atoms with Gasteiger partial charge in [0.1, 0.15) is 11.9 Å². The minimum Gasteiger partial charge on any atom is -0.381 e. The van der Waals surface area contributed by atoms with Gasteiger partial charge in [0, 0.05) is 74.9 Å². The molecule has 2 fully saturated rings. The Bertz CT molecular complexity index is 1860. The van der Waals surface area contributed by atoms with Crippen molar-refractivity contribution in [2.45, 2.75) is 64.3 Å². The van der Waals surface area contributed by atoms with Crippen LogP contribution in [0.1, 0.15) is 75.6 Å². The number of benzene rings is 2. The van der Waals surface area contributed by atoms with Crippen LogP contribution in [-0.2, 0) is 33.8 Å². The van der Waals surface area contributed by atoms with Gasteiger partial charge in [-0.3, -0.25) is 24.6 Å². The number of anilines is 1. The quantitative estimate of drug-likeness (QED) is 0.581. The summed E-state index contributed by atoms with van der Waals surface area (Å²) in [6.45, 7) is -14.3. The number of imide groups is 1. The molecule has 8 nitrogen and oxygen atoms in total. The Morgan fingerprint density at radius 2 is 2.00 bits per heavy atom. The molecule has 9 heteroatoms. The molecule has 5 rings (SSSR count). The number of ether oxygens (including phenoxy) is 1. The lowest BCUT2D eigenvalue weighted by Crippen LogP contribution is -2.52. The first-order valence-electron chi connectivity index (χ1n) is 18.6. The van der Waals surface area contributed by atoms with Crippen LogP contribution in [0.2, 0.25) is 0 Å². The summed E-state index contributed by atoms with van der Waals surface area (Å²) in [4.78, 5) is 38.5. The molecule has 3 aliphatic rings. The SMILES string of the molecule is [2H]C([2H])(Nc1cccc2c1C([2H])([2H])N(C1C(=O)NC(=O)C([2H])([2H])C1([2H])[2H])C2=O)c1ccc(C([2H])([2H])N2C([2H])([2H])C([2H])(C)OC([2H])(C)C2([2H])[2H])cc1F. The number of piperidine rings is 1. The number of nitrogens with zero attached hydrogens (tertiary/aromatic N) is 2. The molecule has 2 aromatic carbocycles. The summed E-state index contributed by atoms with van der Waals surface area (Å²) in [6.07, 6.45) is -12.3. The van der Waals surface area contributed by atoms with Gasteiger partial charge in [-0.2, -0.15) is 0 Å². The highest BCUT2D eigenvalue weighted by molar-refractivity contribution is 6.06. The second kappa shape index (κ2) is 9.99. The summed E-state index contributed by atoms with van der Waals surface area (Å²) < 4.78 is 156. The van der Waals surface area contributed by atoms with E-state index in [4.69, 9.17) is 26.7 Å². The van der Waals surface area contributed by atoms with Gasteiger partial charge in [0.25, 0.3) is 5.91 Å². The zero-order valence-corrected chi connectivity index (χ0v) is 18.9. The molecule has 3 amide bonds. The Kier molecular flexibility index (Phi) is 3.28. The molecule has 3 aliphatic heterocycles. The zero-order valence-electron chi connectivity index (χ0n) is 34.9. The van der Waals surface area contributed by atoms with Gasteiger partial charge in [-0.25, -0.2) is 4.39 Å². The predicted octanol–water partition coefficient (Wildman–Crippen LogP) is 2.81. The third-order valence-corrected chi connectivity index (χ3v) is 5.20. The molecule has 2 N–H and O–H groups in total. The van der Waals surface area contributed by atoms with Crippen LogP contribution >= 0.6 is 0 Å². The summed E-state index contributed by atoms with van der Waals surface area (Å²) in [5.74, 6) is -5.94. The van der Waals surface area contributed by atoms with Crippen molar-refractivity contribution < 1.29 is 45.4 Å². The van der Waals surface area contributed by atoms with Crippen LogP contribution in [0.25, 0.3) is 0 Å². The van der Waals surface area contributed by atoms with Crippen LogP contribution < -0.4 is 10.6 Å². The number of amides is 3. The molecular formula is C27H31FN4O4. The molecule has 3 heterocycles. The van der Waals surface area contributed by atoms with Gasteiger partial charge in [0.2, 0.25) is 11.8 Å². The number of rotatable bonds is 6. The molecule has 2 saturated heterocycles. The molecule has 0 bridgehead atoms. The van der Waals surface area contributed by atoms with E-state index in [9.17, 15) is 14.4 Å². The molecule has 0 saturated carbocycles.